The summed E-state index contributed by atoms with van der Waals surface area (Å²) in [6.07, 6.45) is 4.88. The summed E-state index contributed by atoms with van der Waals surface area (Å²) in [5, 5.41) is 4.23. The van der Waals surface area contributed by atoms with E-state index >= 15 is 0 Å². The molecule has 3 rings (SSSR count). The number of aryl methyl sites for hydroxylation is 2. The summed E-state index contributed by atoms with van der Waals surface area (Å²) in [5.41, 5.74) is 2.36. The molecule has 1 fully saturated rings. The highest BCUT2D eigenvalue weighted by molar-refractivity contribution is 5.82. The van der Waals surface area contributed by atoms with Crippen LogP contribution in [0.3, 0.4) is 0 Å². The van der Waals surface area contributed by atoms with Crippen LogP contribution < -0.4 is 0 Å². The average molecular weight is 341 g/mol. The molecule has 25 heavy (non-hydrogen) atoms. The van der Waals surface area contributed by atoms with E-state index in [1.54, 1.807) is 6.20 Å². The van der Waals surface area contributed by atoms with Gasteiger partial charge in [-0.3, -0.25) is 9.48 Å². The molecule has 1 aliphatic rings. The van der Waals surface area contributed by atoms with E-state index in [1.807, 2.05) is 56.5 Å². The molecule has 0 aliphatic carbocycles. The quantitative estimate of drug-likeness (QED) is 0.841. The van der Waals surface area contributed by atoms with E-state index in [4.69, 9.17) is 0 Å². The number of hydrogen-bond donors (Lipinski definition) is 0. The standard InChI is InChI=1S/C19H27N5O/c1-13-21-14(16-9-10-20-23(16)5)12-15(22-13)17-8-6-7-11-24(17)18(25)19(2,3)4/h9-10,12,17H,6-8,11H2,1-5H3. The largest absolute Gasteiger partial charge is 0.334 e. The third-order valence-corrected chi connectivity index (χ3v) is 4.69. The van der Waals surface area contributed by atoms with Crippen LogP contribution >= 0.6 is 0 Å². The first-order valence-electron chi connectivity index (χ1n) is 8.92. The van der Waals surface area contributed by atoms with Crippen molar-refractivity contribution in [1.29, 1.82) is 0 Å². The van der Waals surface area contributed by atoms with Gasteiger partial charge in [-0.05, 0) is 38.3 Å². The van der Waals surface area contributed by atoms with Crippen LogP contribution in [0.2, 0.25) is 0 Å². The molecule has 6 nitrogen and oxygen atoms in total. The van der Waals surface area contributed by atoms with Crippen LogP contribution in [0.15, 0.2) is 18.3 Å². The van der Waals surface area contributed by atoms with E-state index in [1.165, 1.54) is 0 Å². The first-order valence-corrected chi connectivity index (χ1v) is 8.92. The summed E-state index contributed by atoms with van der Waals surface area (Å²) in [6, 6.07) is 3.99. The smallest absolute Gasteiger partial charge is 0.228 e. The first kappa shape index (κ1) is 17.6. The van der Waals surface area contributed by atoms with Gasteiger partial charge < -0.3 is 4.90 Å². The van der Waals surface area contributed by atoms with Crippen molar-refractivity contribution in [1.82, 2.24) is 24.6 Å². The number of carbonyl (C=O) groups excluding carboxylic acids is 1. The average Bonchev–Trinajstić information content (AvgIpc) is 2.99. The van der Waals surface area contributed by atoms with Gasteiger partial charge >= 0.3 is 0 Å². The van der Waals surface area contributed by atoms with Gasteiger partial charge in [0.05, 0.1) is 23.1 Å². The predicted molar refractivity (Wildman–Crippen MR) is 96.7 cm³/mol. The minimum absolute atomic E-state index is 0.0224. The molecule has 0 N–H and O–H groups in total. The Labute approximate surface area is 149 Å². The highest BCUT2D eigenvalue weighted by Gasteiger charge is 2.35. The molecule has 0 spiro atoms. The molecule has 134 valence electrons. The fourth-order valence-electron chi connectivity index (χ4n) is 3.43. The van der Waals surface area contributed by atoms with Crippen molar-refractivity contribution in [3.8, 4) is 11.4 Å². The first-order chi connectivity index (χ1) is 11.8. The summed E-state index contributed by atoms with van der Waals surface area (Å²) in [4.78, 5) is 24.2. The van der Waals surface area contributed by atoms with E-state index < -0.39 is 0 Å². The van der Waals surface area contributed by atoms with Crippen molar-refractivity contribution in [2.75, 3.05) is 6.54 Å². The minimum atomic E-state index is -0.386. The normalized spacial score (nSPS) is 18.4. The maximum atomic E-state index is 12.9. The van der Waals surface area contributed by atoms with Gasteiger partial charge in [0.15, 0.2) is 0 Å². The van der Waals surface area contributed by atoms with E-state index in [-0.39, 0.29) is 17.4 Å². The molecule has 1 saturated heterocycles. The van der Waals surface area contributed by atoms with Crippen molar-refractivity contribution in [2.24, 2.45) is 12.5 Å². The Morgan fingerprint density at radius 1 is 1.24 bits per heavy atom. The van der Waals surface area contributed by atoms with Gasteiger partial charge in [-0.25, -0.2) is 9.97 Å². The topological polar surface area (TPSA) is 63.9 Å². The zero-order chi connectivity index (χ0) is 18.2. The number of rotatable bonds is 2. The lowest BCUT2D eigenvalue weighted by molar-refractivity contribution is -0.143. The van der Waals surface area contributed by atoms with Gasteiger partial charge in [0.2, 0.25) is 5.91 Å². The summed E-state index contributed by atoms with van der Waals surface area (Å²) < 4.78 is 1.81. The van der Waals surface area contributed by atoms with Crippen LogP contribution in [-0.4, -0.2) is 37.1 Å². The Morgan fingerprint density at radius 3 is 2.64 bits per heavy atom. The molecule has 0 radical (unpaired) electrons. The van der Waals surface area contributed by atoms with E-state index in [0.29, 0.717) is 0 Å². The van der Waals surface area contributed by atoms with Crippen LogP contribution in [0.1, 0.15) is 57.6 Å². The SMILES string of the molecule is Cc1nc(-c2ccnn2C)cc(C2CCCCN2C(=O)C(C)(C)C)n1. The summed E-state index contributed by atoms with van der Waals surface area (Å²) in [7, 11) is 1.91. The minimum Gasteiger partial charge on any atom is -0.334 e. The molecule has 2 aromatic heterocycles. The summed E-state index contributed by atoms with van der Waals surface area (Å²) in [5.74, 6) is 0.915. The molecule has 1 aliphatic heterocycles. The zero-order valence-electron chi connectivity index (χ0n) is 15.8. The molecule has 3 heterocycles. The Bertz CT molecular complexity index is 774. The van der Waals surface area contributed by atoms with Crippen molar-refractivity contribution < 1.29 is 4.79 Å². The molecular formula is C19H27N5O. The number of amides is 1. The molecule has 0 aromatic carbocycles. The molecule has 1 amide bonds. The second-order valence-corrected chi connectivity index (χ2v) is 7.83. The predicted octanol–water partition coefficient (Wildman–Crippen LogP) is 3.29. The van der Waals surface area contributed by atoms with Crippen molar-refractivity contribution in [2.45, 2.75) is 53.0 Å². The highest BCUT2D eigenvalue weighted by atomic mass is 16.2. The molecule has 1 atom stereocenters. The van der Waals surface area contributed by atoms with E-state index in [2.05, 4.69) is 15.1 Å². The zero-order valence-corrected chi connectivity index (χ0v) is 15.8. The number of likely N-dealkylation sites (tertiary alicyclic amines) is 1. The Kier molecular flexibility index (Phi) is 4.62. The van der Waals surface area contributed by atoms with Gasteiger partial charge in [-0.1, -0.05) is 20.8 Å². The number of hydrogen-bond acceptors (Lipinski definition) is 4. The third-order valence-electron chi connectivity index (χ3n) is 4.69. The van der Waals surface area contributed by atoms with Crippen LogP contribution in [0, 0.1) is 12.3 Å². The number of piperidine rings is 1. The Hall–Kier alpha value is -2.24. The highest BCUT2D eigenvalue weighted by Crippen LogP contribution is 2.34. The van der Waals surface area contributed by atoms with Gasteiger partial charge in [0, 0.05) is 25.2 Å². The van der Waals surface area contributed by atoms with Crippen LogP contribution in [-0.2, 0) is 11.8 Å². The summed E-state index contributed by atoms with van der Waals surface area (Å²) in [6.45, 7) is 8.64. The Balaban J connectivity index is 2.00. The van der Waals surface area contributed by atoms with Crippen LogP contribution in [0.25, 0.3) is 11.4 Å². The van der Waals surface area contributed by atoms with Gasteiger partial charge in [-0.15, -0.1) is 0 Å². The fraction of sp³-hybridized carbons (Fsp3) is 0.579. The lowest BCUT2D eigenvalue weighted by Crippen LogP contribution is -2.44. The molecule has 1 unspecified atom stereocenters. The van der Waals surface area contributed by atoms with Crippen LogP contribution in [0.5, 0.6) is 0 Å². The number of carbonyl (C=O) groups is 1. The maximum absolute atomic E-state index is 12.9. The third kappa shape index (κ3) is 3.57. The van der Waals surface area contributed by atoms with E-state index in [9.17, 15) is 4.79 Å². The monoisotopic (exact) mass is 341 g/mol. The Morgan fingerprint density at radius 2 is 2.00 bits per heavy atom. The maximum Gasteiger partial charge on any atom is 0.228 e. The van der Waals surface area contributed by atoms with Crippen molar-refractivity contribution in [3.05, 3.63) is 29.8 Å². The van der Waals surface area contributed by atoms with E-state index in [0.717, 1.165) is 48.7 Å². The number of aromatic nitrogens is 4. The molecular weight excluding hydrogens is 314 g/mol. The lowest BCUT2D eigenvalue weighted by Gasteiger charge is -2.39. The van der Waals surface area contributed by atoms with Gasteiger partial charge in [0.25, 0.3) is 0 Å². The lowest BCUT2D eigenvalue weighted by atomic mass is 9.90. The molecule has 2 aromatic rings. The molecule has 0 bridgehead atoms. The van der Waals surface area contributed by atoms with Crippen molar-refractivity contribution >= 4 is 5.91 Å². The van der Waals surface area contributed by atoms with Gasteiger partial charge in [-0.2, -0.15) is 5.10 Å². The van der Waals surface area contributed by atoms with Crippen LogP contribution in [0.4, 0.5) is 0 Å². The molecule has 0 saturated carbocycles. The molecule has 6 heteroatoms. The van der Waals surface area contributed by atoms with Gasteiger partial charge in [0.1, 0.15) is 5.82 Å². The fourth-order valence-corrected chi connectivity index (χ4v) is 3.43. The summed E-state index contributed by atoms with van der Waals surface area (Å²) >= 11 is 0. The second kappa shape index (κ2) is 6.58. The second-order valence-electron chi connectivity index (χ2n) is 7.83. The number of nitrogens with zero attached hydrogens (tertiary/aromatic N) is 5. The van der Waals surface area contributed by atoms with Crippen molar-refractivity contribution in [3.63, 3.8) is 0 Å².